The molecule has 0 amide bonds. The van der Waals surface area contributed by atoms with Crippen LogP contribution in [0.1, 0.15) is 510 Å². The second-order valence-electron chi connectivity index (χ2n) is 33.9. The van der Waals surface area contributed by atoms with Gasteiger partial charge in [-0.1, -0.05) is 458 Å². The number of phosphoric ester groups is 2. The van der Waals surface area contributed by atoms with Crippen molar-refractivity contribution in [2.45, 2.75) is 528 Å². The minimum atomic E-state index is -4.97. The molecule has 0 aromatic heterocycles. The maximum absolute atomic E-state index is 13.2. The monoisotopic (exact) mass is 1630 g/mol. The zero-order valence-corrected chi connectivity index (χ0v) is 75.6. The van der Waals surface area contributed by atoms with Gasteiger partial charge >= 0.3 is 39.5 Å². The molecule has 0 aliphatic carbocycles. The van der Waals surface area contributed by atoms with Crippen molar-refractivity contribution in [3.63, 3.8) is 0 Å². The van der Waals surface area contributed by atoms with Crippen molar-refractivity contribution < 1.29 is 80.2 Å². The molecule has 0 bridgehead atoms. The van der Waals surface area contributed by atoms with Crippen LogP contribution >= 0.6 is 15.6 Å². The maximum atomic E-state index is 13.2. The van der Waals surface area contributed by atoms with Gasteiger partial charge in [-0.05, 0) is 31.6 Å². The minimum absolute atomic E-state index is 0.108. The lowest BCUT2D eigenvalue weighted by Gasteiger charge is -2.21. The van der Waals surface area contributed by atoms with Crippen molar-refractivity contribution in [1.29, 1.82) is 0 Å². The smallest absolute Gasteiger partial charge is 0.462 e. The van der Waals surface area contributed by atoms with E-state index < -0.39 is 97.5 Å². The van der Waals surface area contributed by atoms with Crippen molar-refractivity contribution in [2.24, 2.45) is 5.92 Å². The molecule has 0 radical (unpaired) electrons. The van der Waals surface area contributed by atoms with Crippen LogP contribution in [0.3, 0.4) is 0 Å². The Morgan fingerprint density at radius 1 is 0.241 bits per heavy atom. The largest absolute Gasteiger partial charge is 0.472 e. The molecule has 0 aromatic rings. The minimum Gasteiger partial charge on any atom is -0.462 e. The molecular weight excluding hydrogens is 1450 g/mol. The van der Waals surface area contributed by atoms with Crippen molar-refractivity contribution in [3.05, 3.63) is 0 Å². The predicted octanol–water partition coefficient (Wildman–Crippen LogP) is 29.1. The van der Waals surface area contributed by atoms with E-state index in [2.05, 4.69) is 34.6 Å². The van der Waals surface area contributed by atoms with E-state index in [-0.39, 0.29) is 25.7 Å². The highest BCUT2D eigenvalue weighted by molar-refractivity contribution is 7.47. The highest BCUT2D eigenvalue weighted by Crippen LogP contribution is 2.45. The number of carbonyl (C=O) groups excluding carboxylic acids is 4. The molecule has 3 N–H and O–H groups in total. The average Bonchev–Trinajstić information content (AvgIpc) is 0.902. The summed E-state index contributed by atoms with van der Waals surface area (Å²) in [6.45, 7) is 7.42. The van der Waals surface area contributed by atoms with Gasteiger partial charge in [0.05, 0.1) is 26.4 Å². The molecule has 19 heteroatoms. The first-order chi connectivity index (χ1) is 54.5. The van der Waals surface area contributed by atoms with Crippen LogP contribution in [0.25, 0.3) is 0 Å². The molecule has 0 aliphatic heterocycles. The van der Waals surface area contributed by atoms with E-state index in [9.17, 15) is 43.2 Å². The average molecular weight is 1630 g/mol. The number of rotatable bonds is 93. The highest BCUT2D eigenvalue weighted by Gasteiger charge is 2.31. The molecule has 0 rings (SSSR count). The maximum Gasteiger partial charge on any atom is 0.472 e. The van der Waals surface area contributed by atoms with Gasteiger partial charge in [-0.15, -0.1) is 0 Å². The lowest BCUT2D eigenvalue weighted by molar-refractivity contribution is -0.161. The first-order valence-electron chi connectivity index (χ1n) is 48.1. The zero-order valence-electron chi connectivity index (χ0n) is 73.8. The third-order valence-corrected chi connectivity index (χ3v) is 23.9. The van der Waals surface area contributed by atoms with Crippen LogP contribution in [0.4, 0.5) is 0 Å². The highest BCUT2D eigenvalue weighted by atomic mass is 31.2. The topological polar surface area (TPSA) is 237 Å². The molecule has 0 aromatic carbocycles. The summed E-state index contributed by atoms with van der Waals surface area (Å²) in [5, 5.41) is 10.7. The van der Waals surface area contributed by atoms with Gasteiger partial charge in [0, 0.05) is 25.7 Å². The summed E-state index contributed by atoms with van der Waals surface area (Å²) in [4.78, 5) is 73.5. The van der Waals surface area contributed by atoms with Gasteiger partial charge < -0.3 is 33.8 Å². The molecule has 5 atom stereocenters. The molecule has 0 saturated carbocycles. The molecule has 0 heterocycles. The van der Waals surface area contributed by atoms with Gasteiger partial charge in [0.25, 0.3) is 0 Å². The Labute approximate surface area is 689 Å². The van der Waals surface area contributed by atoms with Crippen LogP contribution in [0.15, 0.2) is 0 Å². The third-order valence-electron chi connectivity index (χ3n) is 22.0. The van der Waals surface area contributed by atoms with Crippen molar-refractivity contribution >= 4 is 39.5 Å². The second-order valence-corrected chi connectivity index (χ2v) is 36.8. The fourth-order valence-electron chi connectivity index (χ4n) is 14.7. The van der Waals surface area contributed by atoms with E-state index in [0.717, 1.165) is 95.8 Å². The van der Waals surface area contributed by atoms with E-state index in [1.165, 1.54) is 334 Å². The number of esters is 4. The van der Waals surface area contributed by atoms with Crippen molar-refractivity contribution in [3.8, 4) is 0 Å². The quantitative estimate of drug-likeness (QED) is 0.0222. The number of aliphatic hydroxyl groups excluding tert-OH is 1. The molecular formula is C93H182O17P2. The van der Waals surface area contributed by atoms with E-state index in [1.54, 1.807) is 0 Å². The Bertz CT molecular complexity index is 2120. The molecule has 0 aliphatic rings. The van der Waals surface area contributed by atoms with Gasteiger partial charge in [0.1, 0.15) is 19.3 Å². The summed E-state index contributed by atoms with van der Waals surface area (Å²) in [5.74, 6) is -1.31. The molecule has 112 heavy (non-hydrogen) atoms. The molecule has 666 valence electrons. The van der Waals surface area contributed by atoms with E-state index in [0.29, 0.717) is 25.7 Å². The predicted molar refractivity (Wildman–Crippen MR) is 465 cm³/mol. The standard InChI is InChI=1S/C93H182O17P2/c1-6-9-12-15-18-21-24-27-29-31-33-35-37-39-41-43-47-52-57-62-67-72-77-91(96)104-83-89(109-92(97)78-73-68-63-58-53-48-44-42-40-38-36-34-32-30-28-25-22-19-16-13-10-7-2)85-108-112(101,102)106-81-87(94)80-105-111(99,100)107-84-88(82-103-90(95)76-71-66-61-56-51-26-23-20-17-14-11-8-3)110-93(98)79-74-69-64-59-54-49-45-46-50-55-60-65-70-75-86(4)5/h86-89,94H,6-85H2,1-5H3,(H,99,100)(H,101,102)/t87-,88+,89+/m0/s1. The Morgan fingerprint density at radius 2 is 0.411 bits per heavy atom. The van der Waals surface area contributed by atoms with Gasteiger partial charge in [-0.2, -0.15) is 0 Å². The molecule has 17 nitrogen and oxygen atoms in total. The van der Waals surface area contributed by atoms with Crippen LogP contribution in [0.2, 0.25) is 0 Å². The summed E-state index contributed by atoms with van der Waals surface area (Å²) in [6.07, 6.45) is 82.1. The normalized spacial score (nSPS) is 13.7. The fraction of sp³-hybridized carbons (Fsp3) is 0.957. The van der Waals surface area contributed by atoms with Crippen LogP contribution < -0.4 is 0 Å². The van der Waals surface area contributed by atoms with Gasteiger partial charge in [-0.25, -0.2) is 9.13 Å². The Balaban J connectivity index is 5.23. The summed E-state index contributed by atoms with van der Waals surface area (Å²) in [6, 6.07) is 0. The molecule has 2 unspecified atom stereocenters. The number of unbranched alkanes of at least 4 members (excludes halogenated alkanes) is 65. The SMILES string of the molecule is CCCCCCCCCCCCCCCCCCCCCCCCC(=O)OC[C@H](COP(=O)(O)OC[C@@H](O)COP(=O)(O)OC[C@@H](COC(=O)CCCCCCCCCCCCCC)OC(=O)CCCCCCCCCCCCCCCC(C)C)OC(=O)CCCCCCCCCCCCCCCCCCCCCCCC. The second kappa shape index (κ2) is 85.5. The number of phosphoric acid groups is 2. The first-order valence-corrected chi connectivity index (χ1v) is 51.1. The zero-order chi connectivity index (χ0) is 81.8. The number of hydrogen-bond donors (Lipinski definition) is 3. The van der Waals surface area contributed by atoms with E-state index in [1.807, 2.05) is 0 Å². The number of hydrogen-bond acceptors (Lipinski definition) is 15. The lowest BCUT2D eigenvalue weighted by atomic mass is 10.0. The number of carbonyl (C=O) groups is 4. The van der Waals surface area contributed by atoms with Crippen LogP contribution in [-0.4, -0.2) is 96.7 Å². The first kappa shape index (κ1) is 110. The Hall–Kier alpha value is -1.94. The molecule has 0 fully saturated rings. The summed E-state index contributed by atoms with van der Waals surface area (Å²) in [5.41, 5.74) is 0. The van der Waals surface area contributed by atoms with Crippen LogP contribution in [-0.2, 0) is 65.4 Å². The summed E-state index contributed by atoms with van der Waals surface area (Å²) < 4.78 is 69.1. The van der Waals surface area contributed by atoms with E-state index >= 15 is 0 Å². The Kier molecular flexibility index (Phi) is 84.0. The lowest BCUT2D eigenvalue weighted by Crippen LogP contribution is -2.30. The number of aliphatic hydroxyl groups is 1. The van der Waals surface area contributed by atoms with Gasteiger partial charge in [-0.3, -0.25) is 37.3 Å². The molecule has 0 saturated heterocycles. The third kappa shape index (κ3) is 85.9. The van der Waals surface area contributed by atoms with Crippen molar-refractivity contribution in [2.75, 3.05) is 39.6 Å². The van der Waals surface area contributed by atoms with Gasteiger partial charge in [0.2, 0.25) is 0 Å². The van der Waals surface area contributed by atoms with Crippen LogP contribution in [0, 0.1) is 5.92 Å². The summed E-state index contributed by atoms with van der Waals surface area (Å²) in [7, 11) is -9.94. The fourth-order valence-corrected chi connectivity index (χ4v) is 16.3. The Morgan fingerprint density at radius 3 is 0.607 bits per heavy atom. The molecule has 0 spiro atoms. The number of ether oxygens (including phenoxy) is 4. The van der Waals surface area contributed by atoms with Crippen molar-refractivity contribution in [1.82, 2.24) is 0 Å². The summed E-state index contributed by atoms with van der Waals surface area (Å²) >= 11 is 0. The van der Waals surface area contributed by atoms with E-state index in [4.69, 9.17) is 37.0 Å². The van der Waals surface area contributed by atoms with Gasteiger partial charge in [0.15, 0.2) is 12.2 Å². The van der Waals surface area contributed by atoms with Crippen LogP contribution in [0.5, 0.6) is 0 Å².